The van der Waals surface area contributed by atoms with Crippen LogP contribution < -0.4 is 0 Å². The maximum atomic E-state index is 12.9. The van der Waals surface area contributed by atoms with Crippen molar-refractivity contribution in [3.05, 3.63) is 105 Å². The fraction of sp³-hybridized carbons (Fsp3) is 0.286. The molecule has 0 aliphatic heterocycles. The monoisotopic (exact) mass is 482 g/mol. The van der Waals surface area contributed by atoms with Gasteiger partial charge in [0.15, 0.2) is 0 Å². The van der Waals surface area contributed by atoms with Crippen LogP contribution in [0.5, 0.6) is 0 Å². The minimum atomic E-state index is -4.35. The first kappa shape index (κ1) is 24.2. The van der Waals surface area contributed by atoms with Gasteiger partial charge in [-0.1, -0.05) is 49.7 Å². The third-order valence-electron chi connectivity index (χ3n) is 6.36. The molecule has 4 rings (SSSR count). The number of rotatable bonds is 5. The fourth-order valence-electron chi connectivity index (χ4n) is 4.42. The molecule has 176 valence electrons. The van der Waals surface area contributed by atoms with E-state index in [1.165, 1.54) is 12.1 Å². The molecule has 0 spiro atoms. The molecule has 0 N–H and O–H groups in total. The molecule has 2 aromatic heterocycles. The fourth-order valence-corrected chi connectivity index (χ4v) is 4.75. The average molecular weight is 483 g/mol. The molecule has 0 aliphatic rings. The van der Waals surface area contributed by atoms with Gasteiger partial charge < -0.3 is 0 Å². The van der Waals surface area contributed by atoms with Gasteiger partial charge in [0.1, 0.15) is 0 Å². The number of aromatic nitrogens is 2. The molecular weight excluding hydrogens is 457 g/mol. The molecule has 2 aromatic carbocycles. The van der Waals surface area contributed by atoms with Crippen molar-refractivity contribution in [3.63, 3.8) is 0 Å². The van der Waals surface area contributed by atoms with Crippen LogP contribution in [-0.2, 0) is 19.0 Å². The Labute approximate surface area is 202 Å². The van der Waals surface area contributed by atoms with Crippen LogP contribution in [0.2, 0.25) is 5.02 Å². The normalized spacial score (nSPS) is 12.8. The molecule has 0 aliphatic carbocycles. The molecule has 1 unspecified atom stereocenters. The van der Waals surface area contributed by atoms with Crippen molar-refractivity contribution in [1.82, 2.24) is 9.97 Å². The number of fused-ring (bicyclic) bond motifs is 1. The maximum absolute atomic E-state index is 12.9. The second kappa shape index (κ2) is 9.38. The van der Waals surface area contributed by atoms with Crippen molar-refractivity contribution in [3.8, 4) is 0 Å². The molecule has 34 heavy (non-hydrogen) atoms. The Morgan fingerprint density at radius 2 is 1.65 bits per heavy atom. The third-order valence-corrected chi connectivity index (χ3v) is 6.79. The Morgan fingerprint density at radius 3 is 2.26 bits per heavy atom. The molecule has 0 saturated carbocycles. The van der Waals surface area contributed by atoms with Crippen molar-refractivity contribution < 1.29 is 13.2 Å². The van der Waals surface area contributed by atoms with Crippen molar-refractivity contribution in [2.75, 3.05) is 0 Å². The van der Waals surface area contributed by atoms with Crippen molar-refractivity contribution in [2.45, 2.75) is 52.6 Å². The second-order valence-corrected chi connectivity index (χ2v) is 9.08. The van der Waals surface area contributed by atoms with Gasteiger partial charge in [-0.15, -0.1) is 0 Å². The Hall–Kier alpha value is -2.92. The van der Waals surface area contributed by atoms with Crippen LogP contribution in [0.4, 0.5) is 13.2 Å². The maximum Gasteiger partial charge on any atom is 0.416 e. The number of pyridine rings is 2. The Morgan fingerprint density at radius 1 is 0.941 bits per heavy atom. The minimum Gasteiger partial charge on any atom is -0.258 e. The number of hydrogen-bond acceptors (Lipinski definition) is 2. The van der Waals surface area contributed by atoms with Crippen LogP contribution in [0.25, 0.3) is 10.9 Å². The summed E-state index contributed by atoms with van der Waals surface area (Å²) >= 11 is 6.92. The topological polar surface area (TPSA) is 25.8 Å². The SMILES string of the molecule is CCc1nc2ccc(C(C)c3ccc(C)nc3C)cc2c(Cl)c1Cc1ccc(C(F)(F)F)cc1. The largest absolute Gasteiger partial charge is 0.416 e. The van der Waals surface area contributed by atoms with Gasteiger partial charge in [-0.3, -0.25) is 9.97 Å². The average Bonchev–Trinajstić information content (AvgIpc) is 2.80. The smallest absolute Gasteiger partial charge is 0.258 e. The highest BCUT2D eigenvalue weighted by molar-refractivity contribution is 6.36. The number of halogens is 4. The van der Waals surface area contributed by atoms with E-state index in [-0.39, 0.29) is 5.92 Å². The number of nitrogens with zero attached hydrogens (tertiary/aromatic N) is 2. The van der Waals surface area contributed by atoms with Crippen LogP contribution in [0.3, 0.4) is 0 Å². The third kappa shape index (κ3) is 4.80. The van der Waals surface area contributed by atoms with Gasteiger partial charge in [-0.2, -0.15) is 13.2 Å². The van der Waals surface area contributed by atoms with Crippen molar-refractivity contribution >= 4 is 22.5 Å². The molecule has 0 radical (unpaired) electrons. The summed E-state index contributed by atoms with van der Waals surface area (Å²) in [5.74, 6) is 0.123. The summed E-state index contributed by atoms with van der Waals surface area (Å²) in [5.41, 5.74) is 6.88. The molecule has 2 nitrogen and oxygen atoms in total. The van der Waals surface area contributed by atoms with Crippen LogP contribution in [0, 0.1) is 13.8 Å². The van der Waals surface area contributed by atoms with Gasteiger partial charge in [-0.25, -0.2) is 0 Å². The molecule has 2 heterocycles. The van der Waals surface area contributed by atoms with E-state index in [1.54, 1.807) is 0 Å². The van der Waals surface area contributed by atoms with Gasteiger partial charge in [0.25, 0.3) is 0 Å². The minimum absolute atomic E-state index is 0.123. The van der Waals surface area contributed by atoms with E-state index in [4.69, 9.17) is 16.6 Å². The number of hydrogen-bond donors (Lipinski definition) is 0. The standard InChI is InChI=1S/C28H26ClF3N2/c1-5-25-23(14-19-7-10-21(11-8-19)28(30,31)32)27(29)24-15-20(9-13-26(24)34-25)17(3)22-12-6-16(2)33-18(22)4/h6-13,15,17H,5,14H2,1-4H3. The van der Waals surface area contributed by atoms with Gasteiger partial charge >= 0.3 is 6.18 Å². The summed E-state index contributed by atoms with van der Waals surface area (Å²) in [7, 11) is 0. The number of alkyl halides is 3. The van der Waals surface area contributed by atoms with E-state index < -0.39 is 11.7 Å². The highest BCUT2D eigenvalue weighted by Crippen LogP contribution is 2.35. The van der Waals surface area contributed by atoms with E-state index in [9.17, 15) is 13.2 Å². The van der Waals surface area contributed by atoms with E-state index >= 15 is 0 Å². The summed E-state index contributed by atoms with van der Waals surface area (Å²) in [6.45, 7) is 8.15. The first-order valence-electron chi connectivity index (χ1n) is 11.3. The van der Waals surface area contributed by atoms with E-state index in [0.717, 1.165) is 62.4 Å². The van der Waals surface area contributed by atoms with Crippen LogP contribution >= 0.6 is 11.6 Å². The van der Waals surface area contributed by atoms with E-state index in [0.29, 0.717) is 17.9 Å². The lowest BCUT2D eigenvalue weighted by atomic mass is 9.90. The predicted molar refractivity (Wildman–Crippen MR) is 132 cm³/mol. The van der Waals surface area contributed by atoms with Gasteiger partial charge in [-0.05, 0) is 72.9 Å². The summed E-state index contributed by atoms with van der Waals surface area (Å²) < 4.78 is 38.8. The summed E-state index contributed by atoms with van der Waals surface area (Å²) in [6, 6.07) is 15.5. The lowest BCUT2D eigenvalue weighted by Crippen LogP contribution is -2.05. The highest BCUT2D eigenvalue weighted by Gasteiger charge is 2.30. The van der Waals surface area contributed by atoms with Crippen molar-refractivity contribution in [1.29, 1.82) is 0 Å². The molecular formula is C28H26ClF3N2. The Kier molecular flexibility index (Phi) is 6.68. The molecule has 0 amide bonds. The van der Waals surface area contributed by atoms with Crippen LogP contribution in [0.15, 0.2) is 54.6 Å². The highest BCUT2D eigenvalue weighted by atomic mass is 35.5. The van der Waals surface area contributed by atoms with Gasteiger partial charge in [0, 0.05) is 34.8 Å². The summed E-state index contributed by atoms with van der Waals surface area (Å²) in [5, 5.41) is 1.46. The quantitative estimate of drug-likeness (QED) is 0.286. The first-order valence-corrected chi connectivity index (χ1v) is 11.7. The Bertz CT molecular complexity index is 1340. The Balaban J connectivity index is 1.75. The summed E-state index contributed by atoms with van der Waals surface area (Å²) in [6.07, 6.45) is -3.25. The molecule has 4 aromatic rings. The molecule has 6 heteroatoms. The van der Waals surface area contributed by atoms with Gasteiger partial charge in [0.2, 0.25) is 0 Å². The molecule has 0 bridgehead atoms. The predicted octanol–water partition coefficient (Wildman–Crippen LogP) is 8.22. The zero-order valence-electron chi connectivity index (χ0n) is 19.6. The number of benzene rings is 2. The van der Waals surface area contributed by atoms with Crippen LogP contribution in [0.1, 0.15) is 64.7 Å². The summed E-state index contributed by atoms with van der Waals surface area (Å²) in [4.78, 5) is 9.43. The molecule has 0 saturated heterocycles. The van der Waals surface area contributed by atoms with Crippen LogP contribution in [-0.4, -0.2) is 9.97 Å². The lowest BCUT2D eigenvalue weighted by molar-refractivity contribution is -0.137. The second-order valence-electron chi connectivity index (χ2n) is 8.70. The van der Waals surface area contributed by atoms with E-state index in [1.807, 2.05) is 32.9 Å². The zero-order chi connectivity index (χ0) is 24.6. The number of aryl methyl sites for hydroxylation is 3. The zero-order valence-corrected chi connectivity index (χ0v) is 20.3. The van der Waals surface area contributed by atoms with Crippen molar-refractivity contribution in [2.24, 2.45) is 0 Å². The van der Waals surface area contributed by atoms with Gasteiger partial charge in [0.05, 0.1) is 16.1 Å². The molecule has 0 fully saturated rings. The molecule has 1 atom stereocenters. The lowest BCUT2D eigenvalue weighted by Gasteiger charge is -2.18. The van der Waals surface area contributed by atoms with E-state index in [2.05, 4.69) is 30.1 Å². The first-order chi connectivity index (χ1) is 16.1.